The second-order valence-corrected chi connectivity index (χ2v) is 0.634. The van der Waals surface area contributed by atoms with Crippen molar-refractivity contribution in [2.45, 2.75) is 0 Å². The van der Waals surface area contributed by atoms with Crippen LogP contribution in [0.15, 0.2) is 0 Å². The maximum Gasteiger partial charge on any atom is 3.00 e. The van der Waals surface area contributed by atoms with Crippen molar-refractivity contribution in [3.8, 4) is 0 Å². The number of ether oxygens (including phenoxy) is 1. The Morgan fingerprint density at radius 1 is 1.08 bits per heavy atom. The molecule has 0 aromatic heterocycles. The zero-order valence-electron chi connectivity index (χ0n) is 9.42. The normalized spacial score (nSPS) is 3.69. The molecule has 0 spiro atoms. The second-order valence-electron chi connectivity index (χ2n) is 0.634. The molecule has 0 amide bonds. The fourth-order valence-corrected chi connectivity index (χ4v) is 0. The number of aliphatic hydroxyl groups excluding tert-OH is 1. The van der Waals surface area contributed by atoms with Crippen LogP contribution in [0.1, 0.15) is 0 Å². The average Bonchev–Trinajstić information content (AvgIpc) is 1.69. The molecule has 0 saturated carbocycles. The summed E-state index contributed by atoms with van der Waals surface area (Å²) in [6, 6.07) is 0. The number of methoxy groups -OCH3 is 1. The summed E-state index contributed by atoms with van der Waals surface area (Å²) in [5.74, 6) is 0. The van der Waals surface area contributed by atoms with Crippen molar-refractivity contribution in [2.24, 2.45) is 0 Å². The summed E-state index contributed by atoms with van der Waals surface area (Å²) in [7, 11) is 1.62. The molecule has 0 aliphatic heterocycles. The molecule has 0 saturated heterocycles. The number of rotatable bonds is 1. The van der Waals surface area contributed by atoms with E-state index in [1.165, 1.54) is 0 Å². The van der Waals surface area contributed by atoms with Gasteiger partial charge in [0.05, 0.1) is 0 Å². The molecule has 0 heterocycles. The minimum absolute atomic E-state index is 0. The molecule has 0 aromatic rings. The van der Waals surface area contributed by atoms with Gasteiger partial charge in [-0.3, -0.25) is 0 Å². The quantitative estimate of drug-likeness (QED) is 0.424. The Kier molecular flexibility index (Phi) is 532. The van der Waals surface area contributed by atoms with Crippen LogP contribution in [-0.2, 0) is 48.2 Å². The van der Waals surface area contributed by atoms with Crippen LogP contribution in [0.25, 0.3) is 0 Å². The minimum atomic E-state index is -0.750. The Hall–Kier alpha value is 1.31. The smallest absolute Gasteiger partial charge is 0.417 e. The van der Waals surface area contributed by atoms with Crippen molar-refractivity contribution in [1.82, 2.24) is 0 Å². The van der Waals surface area contributed by atoms with Gasteiger partial charge in [-0.2, -0.15) is 0 Å². The number of hydrogen-bond donors (Lipinski definition) is 2. The van der Waals surface area contributed by atoms with Crippen molar-refractivity contribution in [1.29, 1.82) is 0 Å². The maximum absolute atomic E-state index is 7.12. The van der Waals surface area contributed by atoms with E-state index in [4.69, 9.17) is 10.2 Å². The minimum Gasteiger partial charge on any atom is -0.417 e. The zero-order valence-corrected chi connectivity index (χ0v) is 12.5. The van der Waals surface area contributed by atoms with E-state index < -0.39 is 6.79 Å². The SMILES string of the molecule is OCO.[CH2-]COC.[CH3-].[CH3-].[CH3-].[CH3-].[Ti+2].[Ti+3]. The zero-order chi connectivity index (χ0) is 6.12. The van der Waals surface area contributed by atoms with Gasteiger partial charge in [-0.25, -0.2) is 0 Å². The van der Waals surface area contributed by atoms with Crippen LogP contribution in [0.4, 0.5) is 0 Å². The summed E-state index contributed by atoms with van der Waals surface area (Å²) in [5.41, 5.74) is 0. The Labute approximate surface area is 115 Å². The summed E-state index contributed by atoms with van der Waals surface area (Å²) in [4.78, 5) is 0. The van der Waals surface area contributed by atoms with Crippen LogP contribution in [0.3, 0.4) is 0 Å². The third-order valence-corrected chi connectivity index (χ3v) is 0.204. The topological polar surface area (TPSA) is 49.7 Å². The molecule has 1 radical (unpaired) electrons. The standard InChI is InChI=1S/C3H7O.CH4O2.4CH3.2Ti/c1-3-4-2;2-1-3;;;;;;/h1,3H2,2H3;2-3H,1H2;4*1H3;;/q-1;;4*-1;+2;+3. The third kappa shape index (κ3) is 319. The van der Waals surface area contributed by atoms with Gasteiger partial charge in [0.15, 0.2) is 0 Å². The summed E-state index contributed by atoms with van der Waals surface area (Å²) in [5, 5.41) is 14.2. The predicted octanol–water partition coefficient (Wildman–Crippen LogP) is 1.19. The Morgan fingerprint density at radius 2 is 1.15 bits per heavy atom. The molecular formula is C8H23O3Ti2. The fourth-order valence-electron chi connectivity index (χ4n) is 0. The van der Waals surface area contributed by atoms with Gasteiger partial charge >= 0.3 is 43.4 Å². The summed E-state index contributed by atoms with van der Waals surface area (Å²) in [6.45, 7) is 3.20. The maximum atomic E-state index is 7.12. The van der Waals surface area contributed by atoms with Crippen LogP contribution in [-0.4, -0.2) is 30.7 Å². The van der Waals surface area contributed by atoms with Crippen molar-refractivity contribution in [3.05, 3.63) is 36.6 Å². The first kappa shape index (κ1) is 63.7. The van der Waals surface area contributed by atoms with Crippen LogP contribution < -0.4 is 0 Å². The van der Waals surface area contributed by atoms with Crippen LogP contribution in [0.2, 0.25) is 0 Å². The predicted molar refractivity (Wildman–Crippen MR) is 52.2 cm³/mol. The van der Waals surface area contributed by atoms with E-state index in [0.29, 0.717) is 6.61 Å². The molecule has 2 N–H and O–H groups in total. The van der Waals surface area contributed by atoms with Crippen LogP contribution in [0.5, 0.6) is 0 Å². The van der Waals surface area contributed by atoms with Gasteiger partial charge in [-0.05, 0) is 0 Å². The van der Waals surface area contributed by atoms with E-state index >= 15 is 0 Å². The molecule has 0 aliphatic rings. The fraction of sp³-hybridized carbons (Fsp3) is 0.375. The first-order valence-electron chi connectivity index (χ1n) is 1.83. The number of aliphatic hydroxyl groups is 2. The first-order valence-corrected chi connectivity index (χ1v) is 1.83. The Morgan fingerprint density at radius 3 is 1.15 bits per heavy atom. The molecule has 5 heteroatoms. The largest absolute Gasteiger partial charge is 3.00 e. The van der Waals surface area contributed by atoms with Gasteiger partial charge in [0.1, 0.15) is 6.79 Å². The monoisotopic (exact) mass is 263 g/mol. The summed E-state index contributed by atoms with van der Waals surface area (Å²) >= 11 is 0. The molecule has 0 atom stereocenters. The van der Waals surface area contributed by atoms with Gasteiger partial charge in [-0.15, -0.1) is 0 Å². The van der Waals surface area contributed by atoms with Crippen LogP contribution in [0, 0.1) is 36.6 Å². The van der Waals surface area contributed by atoms with E-state index in [0.717, 1.165) is 0 Å². The molecule has 0 unspecified atom stereocenters. The van der Waals surface area contributed by atoms with Crippen LogP contribution >= 0.6 is 0 Å². The van der Waals surface area contributed by atoms with Gasteiger partial charge in [0.2, 0.25) is 0 Å². The Balaban J connectivity index is -0.00000000444. The van der Waals surface area contributed by atoms with E-state index in [-0.39, 0.29) is 73.1 Å². The molecule has 0 fully saturated rings. The molecule has 0 bridgehead atoms. The molecule has 13 heavy (non-hydrogen) atoms. The molecular weight excluding hydrogens is 240 g/mol. The molecule has 0 aliphatic carbocycles. The third-order valence-electron chi connectivity index (χ3n) is 0.204. The van der Waals surface area contributed by atoms with Crippen molar-refractivity contribution in [3.63, 3.8) is 0 Å². The summed E-state index contributed by atoms with van der Waals surface area (Å²) < 4.78 is 4.43. The Bertz CT molecular complexity index is 24.9. The molecule has 3 nitrogen and oxygen atoms in total. The summed E-state index contributed by atoms with van der Waals surface area (Å²) in [6.07, 6.45) is 0. The van der Waals surface area contributed by atoms with Gasteiger partial charge < -0.3 is 51.6 Å². The van der Waals surface area contributed by atoms with Gasteiger partial charge in [-0.1, -0.05) is 6.61 Å². The molecule has 81 valence electrons. The van der Waals surface area contributed by atoms with E-state index in [1.807, 2.05) is 0 Å². The van der Waals surface area contributed by atoms with Gasteiger partial charge in [0.25, 0.3) is 0 Å². The van der Waals surface area contributed by atoms with Crippen molar-refractivity contribution >= 4 is 0 Å². The van der Waals surface area contributed by atoms with E-state index in [2.05, 4.69) is 11.7 Å². The first-order chi connectivity index (χ1) is 3.33. The molecule has 0 rings (SSSR count). The number of hydrogen-bond acceptors (Lipinski definition) is 3. The van der Waals surface area contributed by atoms with E-state index in [1.54, 1.807) is 7.11 Å². The van der Waals surface area contributed by atoms with Gasteiger partial charge in [0, 0.05) is 7.11 Å². The second kappa shape index (κ2) is 109. The van der Waals surface area contributed by atoms with E-state index in [9.17, 15) is 0 Å². The van der Waals surface area contributed by atoms with Crippen molar-refractivity contribution < 1.29 is 58.4 Å². The van der Waals surface area contributed by atoms with Crippen molar-refractivity contribution in [2.75, 3.05) is 20.5 Å². The molecule has 0 aromatic carbocycles. The average molecular weight is 263 g/mol.